The van der Waals surface area contributed by atoms with Crippen LogP contribution in [0.4, 0.5) is 0 Å². The van der Waals surface area contributed by atoms with E-state index in [0.717, 1.165) is 5.56 Å². The van der Waals surface area contributed by atoms with Gasteiger partial charge in [-0.15, -0.1) is 0 Å². The minimum Gasteiger partial charge on any atom is -0.868 e. The molecule has 1 aromatic carbocycles. The first-order chi connectivity index (χ1) is 14.3. The second-order valence-electron chi connectivity index (χ2n) is 7.63. The van der Waals surface area contributed by atoms with Crippen LogP contribution in [0.3, 0.4) is 0 Å². The lowest BCUT2D eigenvalue weighted by atomic mass is 9.86. The fourth-order valence-electron chi connectivity index (χ4n) is 3.81. The Hall–Kier alpha value is -3.00. The van der Waals surface area contributed by atoms with Crippen LogP contribution in [0, 0.1) is 5.92 Å². The maximum absolute atomic E-state index is 12.9. The smallest absolute Gasteiger partial charge is 0.341 e. The molecule has 1 unspecified atom stereocenters. The van der Waals surface area contributed by atoms with Crippen molar-refractivity contribution in [2.45, 2.75) is 32.7 Å². The van der Waals surface area contributed by atoms with Crippen molar-refractivity contribution in [2.24, 2.45) is 5.92 Å². The van der Waals surface area contributed by atoms with E-state index in [1.165, 1.54) is 13.3 Å². The number of benzene rings is 1. The van der Waals surface area contributed by atoms with E-state index in [1.807, 2.05) is 19.9 Å². The molecule has 0 fully saturated rings. The van der Waals surface area contributed by atoms with E-state index in [-0.39, 0.29) is 17.7 Å². The Balaban J connectivity index is 2.17. The monoisotopic (exact) mass is 416 g/mol. The van der Waals surface area contributed by atoms with Gasteiger partial charge in [0.25, 0.3) is 0 Å². The van der Waals surface area contributed by atoms with E-state index in [1.54, 1.807) is 17.7 Å². The maximum Gasteiger partial charge on any atom is 0.341 e. The molecular formula is C22H26NO7-. The zero-order valence-corrected chi connectivity index (χ0v) is 17.6. The van der Waals surface area contributed by atoms with E-state index >= 15 is 0 Å². The topological polar surface area (TPSA) is 110 Å². The number of hydrogen-bond donors (Lipinski definition) is 1. The number of carbonyl (C=O) groups is 1. The number of fused-ring (bicyclic) bond motifs is 3. The van der Waals surface area contributed by atoms with Gasteiger partial charge in [0.05, 0.1) is 13.7 Å². The second-order valence-corrected chi connectivity index (χ2v) is 7.63. The van der Waals surface area contributed by atoms with Gasteiger partial charge in [-0.2, -0.15) is 0 Å². The lowest BCUT2D eigenvalue weighted by molar-refractivity contribution is -0.269. The molecule has 1 aliphatic rings. The number of methoxy groups -OCH3 is 2. The van der Waals surface area contributed by atoms with Crippen LogP contribution >= 0.6 is 0 Å². The van der Waals surface area contributed by atoms with E-state index in [0.29, 0.717) is 43.1 Å². The summed E-state index contributed by atoms with van der Waals surface area (Å²) < 4.78 is 18.0. The molecular weight excluding hydrogens is 390 g/mol. The van der Waals surface area contributed by atoms with Gasteiger partial charge in [-0.3, -0.25) is 4.79 Å². The van der Waals surface area contributed by atoms with Crippen molar-refractivity contribution in [1.82, 2.24) is 4.57 Å². The van der Waals surface area contributed by atoms with Crippen molar-refractivity contribution in [1.29, 1.82) is 0 Å². The molecule has 162 valence electrons. The number of hydrogen-bond acceptors (Lipinski definition) is 6. The van der Waals surface area contributed by atoms with Crippen molar-refractivity contribution in [3.05, 3.63) is 39.7 Å². The van der Waals surface area contributed by atoms with Crippen LogP contribution in [-0.2, 0) is 11.2 Å². The number of nitrogens with zero attached hydrogens (tertiary/aromatic N) is 1. The van der Waals surface area contributed by atoms with Crippen molar-refractivity contribution in [3.8, 4) is 28.5 Å². The lowest BCUT2D eigenvalue weighted by Gasteiger charge is -2.36. The summed E-state index contributed by atoms with van der Waals surface area (Å²) in [5.74, 6) is -1.13. The average Bonchev–Trinajstić information content (AvgIpc) is 2.71. The van der Waals surface area contributed by atoms with Crippen LogP contribution < -0.4 is 20.0 Å². The number of aromatic nitrogens is 1. The van der Waals surface area contributed by atoms with Crippen molar-refractivity contribution in [3.63, 3.8) is 0 Å². The molecule has 1 aromatic heterocycles. The third kappa shape index (κ3) is 3.87. The van der Waals surface area contributed by atoms with Gasteiger partial charge >= 0.3 is 5.97 Å². The first kappa shape index (κ1) is 21.7. The fraction of sp³-hybridized carbons (Fsp3) is 0.455. The zero-order valence-electron chi connectivity index (χ0n) is 17.6. The van der Waals surface area contributed by atoms with Gasteiger partial charge in [0.2, 0.25) is 0 Å². The van der Waals surface area contributed by atoms with E-state index in [2.05, 4.69) is 0 Å². The number of carboxylic acid groups (broad SMARTS) is 1. The molecule has 0 bridgehead atoms. The van der Waals surface area contributed by atoms with Gasteiger partial charge in [-0.25, -0.2) is 4.79 Å². The largest absolute Gasteiger partial charge is 0.868 e. The van der Waals surface area contributed by atoms with Gasteiger partial charge in [-0.1, -0.05) is 13.8 Å². The van der Waals surface area contributed by atoms with Crippen LogP contribution in [0.2, 0.25) is 0 Å². The molecule has 1 aliphatic heterocycles. The fourth-order valence-corrected chi connectivity index (χ4v) is 3.81. The summed E-state index contributed by atoms with van der Waals surface area (Å²) in [6, 6.07) is 3.35. The summed E-state index contributed by atoms with van der Waals surface area (Å²) in [6.07, 6.45) is 2.57. The van der Waals surface area contributed by atoms with Gasteiger partial charge in [0, 0.05) is 43.6 Å². The Labute approximate surface area is 174 Å². The number of pyridine rings is 1. The lowest BCUT2D eigenvalue weighted by Crippen LogP contribution is -2.30. The average molecular weight is 416 g/mol. The first-order valence-electron chi connectivity index (χ1n) is 9.82. The SMILES string of the molecule is COCCCOc1cc2c(cc1OC)-c1c([O-])c(=O)c(C(=O)O)cn1C(C(C)C)C2. The molecule has 30 heavy (non-hydrogen) atoms. The van der Waals surface area contributed by atoms with Crippen LogP contribution in [0.25, 0.3) is 11.3 Å². The molecule has 8 heteroatoms. The maximum atomic E-state index is 12.9. The van der Waals surface area contributed by atoms with Crippen molar-refractivity contribution >= 4 is 5.97 Å². The van der Waals surface area contributed by atoms with Crippen molar-refractivity contribution in [2.75, 3.05) is 27.4 Å². The van der Waals surface area contributed by atoms with Gasteiger partial charge in [-0.05, 0) is 35.8 Å². The standard InChI is InChI=1S/C22H27NO7/c1-12(2)16-8-13-9-18(30-7-5-6-28-3)17(29-4)10-14(13)19-21(25)20(24)15(22(26)27)11-23(16)19/h9-12,16,25H,5-8H2,1-4H3,(H,26,27)/p-1. The zero-order chi connectivity index (χ0) is 22.0. The molecule has 0 amide bonds. The molecule has 8 nitrogen and oxygen atoms in total. The molecule has 0 saturated carbocycles. The molecule has 0 aliphatic carbocycles. The summed E-state index contributed by atoms with van der Waals surface area (Å²) in [4.78, 5) is 23.9. The Bertz CT molecular complexity index is 1010. The third-order valence-corrected chi connectivity index (χ3v) is 5.37. The summed E-state index contributed by atoms with van der Waals surface area (Å²) in [5.41, 5.74) is 0.0860. The van der Waals surface area contributed by atoms with Gasteiger partial charge < -0.3 is 29.0 Å². The predicted octanol–water partition coefficient (Wildman–Crippen LogP) is 2.46. The Kier molecular flexibility index (Phi) is 6.36. The molecule has 0 radical (unpaired) electrons. The second kappa shape index (κ2) is 8.79. The van der Waals surface area contributed by atoms with Gasteiger partial charge in [0.15, 0.2) is 16.9 Å². The molecule has 3 rings (SSSR count). The van der Waals surface area contributed by atoms with E-state index in [4.69, 9.17) is 14.2 Å². The minimum absolute atomic E-state index is 0.105. The molecule has 2 aromatic rings. The number of ether oxygens (including phenoxy) is 3. The Morgan fingerprint density at radius 3 is 2.60 bits per heavy atom. The van der Waals surface area contributed by atoms with E-state index in [9.17, 15) is 19.8 Å². The quantitative estimate of drug-likeness (QED) is 0.658. The summed E-state index contributed by atoms with van der Waals surface area (Å²) in [5, 5.41) is 22.3. The summed E-state index contributed by atoms with van der Waals surface area (Å²) >= 11 is 0. The number of carboxylic acids is 1. The third-order valence-electron chi connectivity index (χ3n) is 5.37. The molecule has 0 saturated heterocycles. The summed E-state index contributed by atoms with van der Waals surface area (Å²) in [7, 11) is 3.13. The number of rotatable bonds is 8. The van der Waals surface area contributed by atoms with Crippen LogP contribution in [0.1, 0.15) is 42.2 Å². The summed E-state index contributed by atoms with van der Waals surface area (Å²) in [6.45, 7) is 5.01. The molecule has 1 N–H and O–H groups in total. The predicted molar refractivity (Wildman–Crippen MR) is 109 cm³/mol. The van der Waals surface area contributed by atoms with Crippen molar-refractivity contribution < 1.29 is 29.2 Å². The Morgan fingerprint density at radius 2 is 2.00 bits per heavy atom. The normalized spacial score (nSPS) is 14.9. The highest BCUT2D eigenvalue weighted by Gasteiger charge is 2.30. The van der Waals surface area contributed by atoms with E-state index < -0.39 is 22.7 Å². The van der Waals surface area contributed by atoms with Gasteiger partial charge in [0.1, 0.15) is 5.56 Å². The van der Waals surface area contributed by atoms with Crippen LogP contribution in [0.15, 0.2) is 23.1 Å². The first-order valence-corrected chi connectivity index (χ1v) is 9.82. The highest BCUT2D eigenvalue weighted by molar-refractivity contribution is 5.89. The molecule has 1 atom stereocenters. The highest BCUT2D eigenvalue weighted by atomic mass is 16.5. The highest BCUT2D eigenvalue weighted by Crippen LogP contribution is 2.44. The van der Waals surface area contributed by atoms with Crippen LogP contribution in [0.5, 0.6) is 17.2 Å². The molecule has 2 heterocycles. The minimum atomic E-state index is -1.40. The van der Waals surface area contributed by atoms with Crippen LogP contribution in [-0.4, -0.2) is 43.1 Å². The number of aromatic carboxylic acids is 1. The Morgan fingerprint density at radius 1 is 1.27 bits per heavy atom. The molecule has 0 spiro atoms.